The zero-order valence-corrected chi connectivity index (χ0v) is 7.23. The number of rotatable bonds is 4. The van der Waals surface area contributed by atoms with Gasteiger partial charge >= 0.3 is 0 Å². The minimum Gasteiger partial charge on any atom is -0.394 e. The van der Waals surface area contributed by atoms with Crippen LogP contribution in [0.2, 0.25) is 0 Å². The predicted octanol–water partition coefficient (Wildman–Crippen LogP) is 1.58. The van der Waals surface area contributed by atoms with Crippen molar-refractivity contribution in [1.29, 1.82) is 0 Å². The molecule has 0 bridgehead atoms. The monoisotopic (exact) mass is 166 g/mol. The summed E-state index contributed by atoms with van der Waals surface area (Å²) in [6.07, 6.45) is -0.0785. The lowest BCUT2D eigenvalue weighted by molar-refractivity contribution is 0.0145. The second kappa shape index (κ2) is 4.91. The number of aliphatic hydroxyl groups excluding tert-OH is 1. The van der Waals surface area contributed by atoms with Crippen LogP contribution in [-0.4, -0.2) is 17.8 Å². The molecule has 1 N–H and O–H groups in total. The first-order chi connectivity index (χ1) is 5.83. The first kappa shape index (κ1) is 9.23. The average molecular weight is 166 g/mol. The second-order valence-corrected chi connectivity index (χ2v) is 2.79. The molecule has 0 aliphatic carbocycles. The predicted molar refractivity (Wildman–Crippen MR) is 47.8 cm³/mol. The van der Waals surface area contributed by atoms with E-state index in [1.165, 1.54) is 0 Å². The molecule has 1 atom stereocenters. The van der Waals surface area contributed by atoms with Crippen LogP contribution >= 0.6 is 0 Å². The Kier molecular flexibility index (Phi) is 3.77. The number of hydrogen-bond acceptors (Lipinski definition) is 2. The van der Waals surface area contributed by atoms with Crippen LogP contribution in [0.3, 0.4) is 0 Å². The van der Waals surface area contributed by atoms with E-state index >= 15 is 0 Å². The Morgan fingerprint density at radius 3 is 2.58 bits per heavy atom. The summed E-state index contributed by atoms with van der Waals surface area (Å²) in [6.45, 7) is 2.50. The molecule has 1 rings (SSSR count). The molecule has 2 heteroatoms. The molecule has 0 fully saturated rings. The molecule has 1 aromatic carbocycles. The summed E-state index contributed by atoms with van der Waals surface area (Å²) >= 11 is 0. The Balaban J connectivity index is 2.33. The highest BCUT2D eigenvalue weighted by atomic mass is 16.5. The van der Waals surface area contributed by atoms with Gasteiger partial charge < -0.3 is 9.84 Å². The maximum absolute atomic E-state index is 8.69. The van der Waals surface area contributed by atoms with Crippen molar-refractivity contribution in [2.24, 2.45) is 0 Å². The van der Waals surface area contributed by atoms with E-state index in [1.54, 1.807) is 0 Å². The van der Waals surface area contributed by atoms with Crippen molar-refractivity contribution in [3.05, 3.63) is 35.9 Å². The second-order valence-electron chi connectivity index (χ2n) is 2.79. The summed E-state index contributed by atoms with van der Waals surface area (Å²) in [5.74, 6) is 0. The van der Waals surface area contributed by atoms with Gasteiger partial charge in [0.1, 0.15) is 0 Å². The minimum absolute atomic E-state index is 0.0762. The van der Waals surface area contributed by atoms with E-state index in [-0.39, 0.29) is 12.7 Å². The highest BCUT2D eigenvalue weighted by Gasteiger charge is 1.98. The first-order valence-corrected chi connectivity index (χ1v) is 4.09. The number of hydrogen-bond donors (Lipinski definition) is 1. The maximum Gasteiger partial charge on any atom is 0.0782 e. The summed E-state index contributed by atoms with van der Waals surface area (Å²) < 4.78 is 5.33. The average Bonchev–Trinajstić information content (AvgIpc) is 2.16. The lowest BCUT2D eigenvalue weighted by Crippen LogP contribution is -2.12. The molecular weight excluding hydrogens is 152 g/mol. The lowest BCUT2D eigenvalue weighted by atomic mass is 10.2. The van der Waals surface area contributed by atoms with Crippen LogP contribution in [0.5, 0.6) is 0 Å². The van der Waals surface area contributed by atoms with Crippen LogP contribution in [0.1, 0.15) is 12.5 Å². The van der Waals surface area contributed by atoms with E-state index in [9.17, 15) is 0 Å². The van der Waals surface area contributed by atoms with Gasteiger partial charge in [0.25, 0.3) is 0 Å². The third kappa shape index (κ3) is 3.03. The summed E-state index contributed by atoms with van der Waals surface area (Å²) in [5, 5.41) is 8.69. The Labute approximate surface area is 72.8 Å². The van der Waals surface area contributed by atoms with Crippen LogP contribution < -0.4 is 0 Å². The fourth-order valence-corrected chi connectivity index (χ4v) is 0.865. The van der Waals surface area contributed by atoms with Crippen molar-refractivity contribution in [3.63, 3.8) is 0 Å². The van der Waals surface area contributed by atoms with E-state index in [4.69, 9.17) is 9.84 Å². The normalized spacial score (nSPS) is 12.8. The maximum atomic E-state index is 8.69. The first-order valence-electron chi connectivity index (χ1n) is 4.09. The number of benzene rings is 1. The number of ether oxygens (including phenoxy) is 1. The summed E-state index contributed by atoms with van der Waals surface area (Å²) in [5.41, 5.74) is 1.14. The van der Waals surface area contributed by atoms with Crippen molar-refractivity contribution >= 4 is 0 Å². The largest absolute Gasteiger partial charge is 0.394 e. The molecule has 0 radical (unpaired) electrons. The molecule has 66 valence electrons. The van der Waals surface area contributed by atoms with Crippen molar-refractivity contribution in [2.45, 2.75) is 19.6 Å². The highest BCUT2D eigenvalue weighted by Crippen LogP contribution is 2.02. The zero-order valence-electron chi connectivity index (χ0n) is 7.23. The molecule has 0 spiro atoms. The topological polar surface area (TPSA) is 29.5 Å². The van der Waals surface area contributed by atoms with Crippen molar-refractivity contribution in [3.8, 4) is 0 Å². The third-order valence-corrected chi connectivity index (χ3v) is 1.63. The van der Waals surface area contributed by atoms with E-state index in [0.29, 0.717) is 6.61 Å². The fourth-order valence-electron chi connectivity index (χ4n) is 0.865. The van der Waals surface area contributed by atoms with Gasteiger partial charge in [-0.05, 0) is 12.5 Å². The Morgan fingerprint density at radius 2 is 2.00 bits per heavy atom. The quantitative estimate of drug-likeness (QED) is 0.736. The summed E-state index contributed by atoms with van der Waals surface area (Å²) in [7, 11) is 0. The van der Waals surface area contributed by atoms with E-state index in [2.05, 4.69) is 0 Å². The Bertz CT molecular complexity index is 208. The Morgan fingerprint density at radius 1 is 1.33 bits per heavy atom. The fraction of sp³-hybridized carbons (Fsp3) is 0.400. The molecule has 0 unspecified atom stereocenters. The van der Waals surface area contributed by atoms with Gasteiger partial charge in [0.2, 0.25) is 0 Å². The van der Waals surface area contributed by atoms with Crippen LogP contribution in [0, 0.1) is 0 Å². The van der Waals surface area contributed by atoms with Crippen LogP contribution in [0.25, 0.3) is 0 Å². The standard InChI is InChI=1S/C10H14O2/c1-9(7-11)12-8-10-5-3-2-4-6-10/h2-6,9,11H,7-8H2,1H3/t9-/m0/s1. The van der Waals surface area contributed by atoms with E-state index in [0.717, 1.165) is 5.56 Å². The minimum atomic E-state index is -0.0785. The summed E-state index contributed by atoms with van der Waals surface area (Å²) in [4.78, 5) is 0. The molecule has 0 saturated carbocycles. The smallest absolute Gasteiger partial charge is 0.0782 e. The van der Waals surface area contributed by atoms with Crippen molar-refractivity contribution in [1.82, 2.24) is 0 Å². The van der Waals surface area contributed by atoms with Gasteiger partial charge in [-0.2, -0.15) is 0 Å². The highest BCUT2D eigenvalue weighted by molar-refractivity contribution is 5.13. The van der Waals surface area contributed by atoms with Gasteiger partial charge in [-0.25, -0.2) is 0 Å². The molecule has 2 nitrogen and oxygen atoms in total. The zero-order chi connectivity index (χ0) is 8.81. The summed E-state index contributed by atoms with van der Waals surface area (Å²) in [6, 6.07) is 9.93. The van der Waals surface area contributed by atoms with Gasteiger partial charge in [-0.1, -0.05) is 30.3 Å². The van der Waals surface area contributed by atoms with E-state index in [1.807, 2.05) is 37.3 Å². The van der Waals surface area contributed by atoms with Crippen LogP contribution in [0.15, 0.2) is 30.3 Å². The van der Waals surface area contributed by atoms with Crippen molar-refractivity contribution < 1.29 is 9.84 Å². The van der Waals surface area contributed by atoms with E-state index < -0.39 is 0 Å². The molecular formula is C10H14O2. The molecule has 12 heavy (non-hydrogen) atoms. The molecule has 0 heterocycles. The van der Waals surface area contributed by atoms with Crippen molar-refractivity contribution in [2.75, 3.05) is 6.61 Å². The van der Waals surface area contributed by atoms with Crippen LogP contribution in [-0.2, 0) is 11.3 Å². The molecule has 0 amide bonds. The SMILES string of the molecule is C[C@@H](CO)OCc1ccccc1. The molecule has 1 aromatic rings. The van der Waals surface area contributed by atoms with Gasteiger partial charge in [0, 0.05) is 0 Å². The lowest BCUT2D eigenvalue weighted by Gasteiger charge is -2.09. The number of aliphatic hydroxyl groups is 1. The van der Waals surface area contributed by atoms with Gasteiger partial charge in [0.15, 0.2) is 0 Å². The molecule has 0 aliphatic rings. The third-order valence-electron chi connectivity index (χ3n) is 1.63. The van der Waals surface area contributed by atoms with Gasteiger partial charge in [0.05, 0.1) is 19.3 Å². The van der Waals surface area contributed by atoms with Gasteiger partial charge in [-0.3, -0.25) is 0 Å². The molecule has 0 aromatic heterocycles. The Hall–Kier alpha value is -0.860. The molecule has 0 saturated heterocycles. The van der Waals surface area contributed by atoms with Gasteiger partial charge in [-0.15, -0.1) is 0 Å². The molecule has 0 aliphatic heterocycles. The van der Waals surface area contributed by atoms with Crippen LogP contribution in [0.4, 0.5) is 0 Å².